The van der Waals surface area contributed by atoms with Crippen LogP contribution >= 0.6 is 0 Å². The maximum Gasteiger partial charge on any atom is 0.240 e. The van der Waals surface area contributed by atoms with Gasteiger partial charge < -0.3 is 9.90 Å². The number of hydrogen-bond donors (Lipinski definition) is 1. The molecule has 0 saturated heterocycles. The fourth-order valence-electron chi connectivity index (χ4n) is 5.92. The highest BCUT2D eigenvalue weighted by Gasteiger charge is 2.53. The molecule has 4 aliphatic carbocycles. The second kappa shape index (κ2) is 5.81. The molecule has 4 bridgehead atoms. The summed E-state index contributed by atoms with van der Waals surface area (Å²) in [5, 5.41) is 11.0. The van der Waals surface area contributed by atoms with Crippen LogP contribution in [0.5, 0.6) is 0 Å². The number of hydrogen-bond acceptors (Lipinski definition) is 4. The monoisotopic (exact) mass is 362 g/mol. The number of benzene rings is 1. The zero-order chi connectivity index (χ0) is 17.8. The van der Waals surface area contributed by atoms with Crippen molar-refractivity contribution in [1.29, 1.82) is 0 Å². The average molecular weight is 362 g/mol. The molecule has 0 unspecified atom stereocenters. The zero-order valence-electron chi connectivity index (χ0n) is 14.4. The molecular formula is C19H24NO4S-. The maximum absolute atomic E-state index is 12.8. The highest BCUT2D eigenvalue weighted by Crippen LogP contribution is 2.61. The van der Waals surface area contributed by atoms with Crippen molar-refractivity contribution >= 4 is 16.0 Å². The Hall–Kier alpha value is -1.40. The van der Waals surface area contributed by atoms with Crippen LogP contribution in [-0.4, -0.2) is 20.4 Å². The van der Waals surface area contributed by atoms with Gasteiger partial charge in [-0.3, -0.25) is 0 Å². The van der Waals surface area contributed by atoms with Crippen LogP contribution in [0, 0.1) is 23.2 Å². The van der Waals surface area contributed by atoms with E-state index in [-0.39, 0.29) is 21.9 Å². The molecule has 0 heterocycles. The minimum atomic E-state index is -3.75. The Labute approximate surface area is 148 Å². The Morgan fingerprint density at radius 3 is 2.24 bits per heavy atom. The van der Waals surface area contributed by atoms with Gasteiger partial charge in [0.1, 0.15) is 0 Å². The molecule has 1 N–H and O–H groups in total. The fraction of sp³-hybridized carbons (Fsp3) is 0.632. The summed E-state index contributed by atoms with van der Waals surface area (Å²) < 4.78 is 28.4. The highest BCUT2D eigenvalue weighted by molar-refractivity contribution is 7.89. The molecule has 1 aromatic carbocycles. The number of carboxylic acids is 1. The van der Waals surface area contributed by atoms with Crippen LogP contribution in [-0.2, 0) is 10.0 Å². The van der Waals surface area contributed by atoms with Crippen LogP contribution in [0.1, 0.15) is 55.8 Å². The summed E-state index contributed by atoms with van der Waals surface area (Å²) in [5.41, 5.74) is -0.0568. The first-order valence-electron chi connectivity index (χ1n) is 9.11. The van der Waals surface area contributed by atoms with Gasteiger partial charge in [0.15, 0.2) is 0 Å². The third-order valence-corrected chi connectivity index (χ3v) is 8.25. The quantitative estimate of drug-likeness (QED) is 0.867. The lowest BCUT2D eigenvalue weighted by Crippen LogP contribution is -2.55. The summed E-state index contributed by atoms with van der Waals surface area (Å²) in [6, 6.07) is 5.24. The van der Waals surface area contributed by atoms with Crippen molar-refractivity contribution in [1.82, 2.24) is 4.72 Å². The molecule has 1 aromatic rings. The van der Waals surface area contributed by atoms with E-state index in [1.165, 1.54) is 43.5 Å². The number of sulfonamides is 1. The van der Waals surface area contributed by atoms with Gasteiger partial charge in [0.2, 0.25) is 10.0 Å². The smallest absolute Gasteiger partial charge is 0.240 e. The lowest BCUT2D eigenvalue weighted by atomic mass is 9.48. The third kappa shape index (κ3) is 2.99. The van der Waals surface area contributed by atoms with E-state index in [4.69, 9.17) is 0 Å². The molecular weight excluding hydrogens is 338 g/mol. The number of carbonyl (C=O) groups is 1. The molecule has 1 atom stereocenters. The number of rotatable bonds is 5. The van der Waals surface area contributed by atoms with E-state index in [1.54, 1.807) is 0 Å². The van der Waals surface area contributed by atoms with Crippen LogP contribution in [0.3, 0.4) is 0 Å². The molecule has 136 valence electrons. The summed E-state index contributed by atoms with van der Waals surface area (Å²) in [5.74, 6) is 0.880. The van der Waals surface area contributed by atoms with Crippen LogP contribution in [0.4, 0.5) is 0 Å². The fourth-order valence-corrected chi connectivity index (χ4v) is 7.32. The van der Waals surface area contributed by atoms with Crippen LogP contribution < -0.4 is 9.83 Å². The molecule has 4 fully saturated rings. The number of nitrogens with one attached hydrogen (secondary N) is 1. The standard InChI is InChI=1S/C19H25NO4S/c1-12(19-9-13-5-14(10-19)7-15(6-13)11-19)20-25(23,24)17-4-2-3-16(8-17)18(21)22/h2-4,8,12-15,20H,5-7,9-11H2,1H3,(H,21,22)/p-1/t12-,13?,14?,15?,19?/m1/s1. The Morgan fingerprint density at radius 1 is 1.16 bits per heavy atom. The zero-order valence-corrected chi connectivity index (χ0v) is 15.2. The predicted octanol–water partition coefficient (Wildman–Crippen LogP) is 1.93. The SMILES string of the molecule is C[C@@H](NS(=O)(=O)c1cccc(C(=O)[O-])c1)C12CC3CC(CC(C3)C1)C2. The van der Waals surface area contributed by atoms with Crippen molar-refractivity contribution < 1.29 is 18.3 Å². The molecule has 0 spiro atoms. The van der Waals surface area contributed by atoms with Gasteiger partial charge in [-0.2, -0.15) is 0 Å². The van der Waals surface area contributed by atoms with Gasteiger partial charge in [-0.25, -0.2) is 13.1 Å². The lowest BCUT2D eigenvalue weighted by Gasteiger charge is -2.59. The summed E-state index contributed by atoms with van der Waals surface area (Å²) in [6.45, 7) is 1.98. The molecule has 6 heteroatoms. The van der Waals surface area contributed by atoms with Crippen LogP contribution in [0.2, 0.25) is 0 Å². The second-order valence-corrected chi connectivity index (χ2v) is 10.2. The van der Waals surface area contributed by atoms with Crippen molar-refractivity contribution in [2.24, 2.45) is 23.2 Å². The minimum absolute atomic E-state index is 0.00854. The summed E-state index contributed by atoms with van der Waals surface area (Å²) in [7, 11) is -3.75. The van der Waals surface area contributed by atoms with Gasteiger partial charge in [-0.05, 0) is 86.3 Å². The Bertz CT molecular complexity index is 766. The van der Waals surface area contributed by atoms with Gasteiger partial charge in [0.25, 0.3) is 0 Å². The van der Waals surface area contributed by atoms with E-state index in [2.05, 4.69) is 4.72 Å². The first-order chi connectivity index (χ1) is 11.8. The summed E-state index contributed by atoms with van der Waals surface area (Å²) >= 11 is 0. The van der Waals surface area contributed by atoms with E-state index in [0.29, 0.717) is 0 Å². The number of aromatic carboxylic acids is 1. The van der Waals surface area contributed by atoms with Crippen molar-refractivity contribution in [2.75, 3.05) is 0 Å². The molecule has 0 aliphatic heterocycles. The number of carbonyl (C=O) groups excluding carboxylic acids is 1. The van der Waals surface area contributed by atoms with Crippen molar-refractivity contribution in [3.63, 3.8) is 0 Å². The molecule has 0 amide bonds. The molecule has 0 aromatic heterocycles. The normalized spacial score (nSPS) is 34.8. The van der Waals surface area contributed by atoms with E-state index >= 15 is 0 Å². The first kappa shape index (κ1) is 17.0. The Balaban J connectivity index is 1.57. The Morgan fingerprint density at radius 2 is 1.72 bits per heavy atom. The van der Waals surface area contributed by atoms with Gasteiger partial charge in [0, 0.05) is 6.04 Å². The van der Waals surface area contributed by atoms with Gasteiger partial charge >= 0.3 is 0 Å². The van der Waals surface area contributed by atoms with E-state index in [0.717, 1.165) is 37.0 Å². The molecule has 0 radical (unpaired) electrons. The predicted molar refractivity (Wildman–Crippen MR) is 91.2 cm³/mol. The van der Waals surface area contributed by atoms with E-state index in [1.807, 2.05) is 6.92 Å². The van der Waals surface area contributed by atoms with Crippen molar-refractivity contribution in [2.45, 2.75) is 56.4 Å². The molecule has 5 rings (SSSR count). The van der Waals surface area contributed by atoms with Crippen LogP contribution in [0.15, 0.2) is 29.2 Å². The largest absolute Gasteiger partial charge is 0.545 e. The first-order valence-corrected chi connectivity index (χ1v) is 10.6. The molecule has 4 aliphatic rings. The van der Waals surface area contributed by atoms with Gasteiger partial charge in [-0.1, -0.05) is 12.1 Å². The molecule has 4 saturated carbocycles. The van der Waals surface area contributed by atoms with E-state index in [9.17, 15) is 18.3 Å². The number of carboxylic acid groups (broad SMARTS) is 1. The summed E-state index contributed by atoms with van der Waals surface area (Å²) in [6.07, 6.45) is 7.27. The lowest BCUT2D eigenvalue weighted by molar-refractivity contribution is -0.255. The van der Waals surface area contributed by atoms with Gasteiger partial charge in [0.05, 0.1) is 10.9 Å². The molecule has 5 nitrogen and oxygen atoms in total. The maximum atomic E-state index is 12.8. The molecule has 25 heavy (non-hydrogen) atoms. The highest BCUT2D eigenvalue weighted by atomic mass is 32.2. The van der Waals surface area contributed by atoms with Crippen molar-refractivity contribution in [3.8, 4) is 0 Å². The minimum Gasteiger partial charge on any atom is -0.545 e. The third-order valence-electron chi connectivity index (χ3n) is 6.72. The summed E-state index contributed by atoms with van der Waals surface area (Å²) in [4.78, 5) is 11.0. The second-order valence-electron chi connectivity index (χ2n) is 8.44. The topological polar surface area (TPSA) is 86.3 Å². The van der Waals surface area contributed by atoms with E-state index < -0.39 is 16.0 Å². The average Bonchev–Trinajstić information content (AvgIpc) is 2.53. The van der Waals surface area contributed by atoms with Crippen LogP contribution in [0.25, 0.3) is 0 Å². The van der Waals surface area contributed by atoms with Gasteiger partial charge in [-0.15, -0.1) is 0 Å². The Kier molecular flexibility index (Phi) is 3.96. The van der Waals surface area contributed by atoms with Crippen molar-refractivity contribution in [3.05, 3.63) is 29.8 Å².